The molecule has 0 aliphatic heterocycles. The van der Waals surface area contributed by atoms with Crippen molar-refractivity contribution in [2.24, 2.45) is 0 Å². The zero-order valence-corrected chi connectivity index (χ0v) is 8.38. The number of para-hydroxylation sites is 1. The van der Waals surface area contributed by atoms with Crippen molar-refractivity contribution in [3.63, 3.8) is 0 Å². The van der Waals surface area contributed by atoms with Gasteiger partial charge in [0.2, 0.25) is 0 Å². The molecular weight excluding hydrogens is 245 g/mol. The Balaban J connectivity index is 2.58. The van der Waals surface area contributed by atoms with Crippen molar-refractivity contribution in [1.82, 2.24) is 9.97 Å². The summed E-state index contributed by atoms with van der Waals surface area (Å²) in [4.78, 5) is 7.37. The first-order valence-corrected chi connectivity index (χ1v) is 4.50. The molecule has 0 bridgehead atoms. The van der Waals surface area contributed by atoms with Gasteiger partial charge < -0.3 is 4.74 Å². The minimum Gasteiger partial charge on any atom is -0.403 e. The molecule has 2 rings (SSSR count). The van der Waals surface area contributed by atoms with Crippen LogP contribution in [0, 0.1) is 0 Å². The second-order valence-corrected chi connectivity index (χ2v) is 3.22. The van der Waals surface area contributed by atoms with Gasteiger partial charge in [-0.15, -0.1) is 13.2 Å². The molecule has 84 valence electrons. The van der Waals surface area contributed by atoms with Gasteiger partial charge in [-0.2, -0.15) is 0 Å². The highest BCUT2D eigenvalue weighted by molar-refractivity contribution is 6.34. The largest absolute Gasteiger partial charge is 0.573 e. The molecule has 1 aromatic carbocycles. The van der Waals surface area contributed by atoms with Crippen LogP contribution < -0.4 is 4.74 Å². The number of hydrogen-bond donors (Lipinski definition) is 0. The van der Waals surface area contributed by atoms with Crippen molar-refractivity contribution < 1.29 is 17.9 Å². The number of nitrogens with zero attached hydrogens (tertiary/aromatic N) is 2. The van der Waals surface area contributed by atoms with E-state index in [0.29, 0.717) is 5.39 Å². The van der Waals surface area contributed by atoms with E-state index in [4.69, 9.17) is 11.6 Å². The van der Waals surface area contributed by atoms with Crippen molar-refractivity contribution in [2.75, 3.05) is 0 Å². The Morgan fingerprint density at radius 1 is 1.19 bits per heavy atom. The normalized spacial score (nSPS) is 11.8. The molecule has 0 radical (unpaired) electrons. The molecule has 2 aromatic rings. The zero-order chi connectivity index (χ0) is 11.8. The fourth-order valence-electron chi connectivity index (χ4n) is 1.24. The van der Waals surface area contributed by atoms with Crippen LogP contribution in [0.25, 0.3) is 10.9 Å². The zero-order valence-electron chi connectivity index (χ0n) is 7.62. The van der Waals surface area contributed by atoms with E-state index in [1.54, 1.807) is 0 Å². The third kappa shape index (κ3) is 2.16. The Labute approximate surface area is 92.8 Å². The lowest BCUT2D eigenvalue weighted by Gasteiger charge is -2.10. The van der Waals surface area contributed by atoms with Gasteiger partial charge in [0.25, 0.3) is 0 Å². The van der Waals surface area contributed by atoms with Gasteiger partial charge in [0.15, 0.2) is 5.75 Å². The Bertz CT molecular complexity index is 530. The molecule has 16 heavy (non-hydrogen) atoms. The third-order valence-corrected chi connectivity index (χ3v) is 2.11. The predicted molar refractivity (Wildman–Crippen MR) is 51.2 cm³/mol. The van der Waals surface area contributed by atoms with Crippen LogP contribution in [0.15, 0.2) is 24.5 Å². The van der Waals surface area contributed by atoms with Crippen LogP contribution in [-0.4, -0.2) is 16.3 Å². The van der Waals surface area contributed by atoms with E-state index < -0.39 is 12.1 Å². The Morgan fingerprint density at radius 3 is 2.62 bits per heavy atom. The second-order valence-electron chi connectivity index (χ2n) is 2.86. The van der Waals surface area contributed by atoms with E-state index >= 15 is 0 Å². The average Bonchev–Trinajstić information content (AvgIpc) is 2.17. The maximum Gasteiger partial charge on any atom is 0.573 e. The van der Waals surface area contributed by atoms with Crippen LogP contribution in [0.1, 0.15) is 0 Å². The highest BCUT2D eigenvalue weighted by atomic mass is 35.5. The number of aromatic nitrogens is 2. The van der Waals surface area contributed by atoms with Crippen LogP contribution in [0.2, 0.25) is 5.15 Å². The molecule has 1 heterocycles. The van der Waals surface area contributed by atoms with E-state index in [1.807, 2.05) is 0 Å². The lowest BCUT2D eigenvalue weighted by molar-refractivity contribution is -0.274. The summed E-state index contributed by atoms with van der Waals surface area (Å²) in [5.41, 5.74) is 0.0276. The monoisotopic (exact) mass is 248 g/mol. The highest BCUT2D eigenvalue weighted by Gasteiger charge is 2.32. The fourth-order valence-corrected chi connectivity index (χ4v) is 1.43. The number of halogens is 4. The summed E-state index contributed by atoms with van der Waals surface area (Å²) in [6.07, 6.45) is -3.68. The summed E-state index contributed by atoms with van der Waals surface area (Å²) < 4.78 is 40.0. The molecule has 1 aromatic heterocycles. The Morgan fingerprint density at radius 2 is 1.94 bits per heavy atom. The quantitative estimate of drug-likeness (QED) is 0.727. The van der Waals surface area contributed by atoms with Gasteiger partial charge in [-0.1, -0.05) is 17.7 Å². The molecule has 0 fully saturated rings. The first-order chi connectivity index (χ1) is 7.47. The first-order valence-electron chi connectivity index (χ1n) is 4.12. The van der Waals surface area contributed by atoms with Crippen molar-refractivity contribution in [2.45, 2.75) is 6.36 Å². The smallest absolute Gasteiger partial charge is 0.403 e. The molecule has 0 unspecified atom stereocenters. The molecule has 0 amide bonds. The number of fused-ring (bicyclic) bond motifs is 1. The maximum absolute atomic E-state index is 12.1. The summed E-state index contributed by atoms with van der Waals surface area (Å²) in [7, 11) is 0. The van der Waals surface area contributed by atoms with Gasteiger partial charge in [0, 0.05) is 5.39 Å². The third-order valence-electron chi connectivity index (χ3n) is 1.80. The van der Waals surface area contributed by atoms with E-state index in [0.717, 1.165) is 6.33 Å². The molecule has 0 aliphatic rings. The summed E-state index contributed by atoms with van der Waals surface area (Å²) in [6.45, 7) is 0. The topological polar surface area (TPSA) is 35.0 Å². The van der Waals surface area contributed by atoms with Crippen LogP contribution in [0.4, 0.5) is 13.2 Å². The van der Waals surface area contributed by atoms with Crippen LogP contribution in [-0.2, 0) is 0 Å². The number of hydrogen-bond acceptors (Lipinski definition) is 3. The summed E-state index contributed by atoms with van der Waals surface area (Å²) in [6, 6.07) is 4.07. The van der Waals surface area contributed by atoms with E-state index in [9.17, 15) is 13.2 Å². The van der Waals surface area contributed by atoms with Crippen LogP contribution in [0.3, 0.4) is 0 Å². The highest BCUT2D eigenvalue weighted by Crippen LogP contribution is 2.30. The van der Waals surface area contributed by atoms with Crippen molar-refractivity contribution in [3.8, 4) is 5.75 Å². The first kappa shape index (κ1) is 10.9. The molecule has 7 heteroatoms. The Hall–Kier alpha value is -1.56. The number of alkyl halides is 3. The van der Waals surface area contributed by atoms with E-state index in [1.165, 1.54) is 18.2 Å². The SMILES string of the molecule is FC(F)(F)Oc1cccc2c(Cl)ncnc12. The molecule has 0 aliphatic carbocycles. The molecule has 0 atom stereocenters. The van der Waals surface area contributed by atoms with Gasteiger partial charge in [-0.25, -0.2) is 9.97 Å². The molecule has 0 saturated heterocycles. The minimum absolute atomic E-state index is 0.0276. The summed E-state index contributed by atoms with van der Waals surface area (Å²) in [5, 5.41) is 0.392. The van der Waals surface area contributed by atoms with Crippen LogP contribution >= 0.6 is 11.6 Å². The lowest BCUT2D eigenvalue weighted by Crippen LogP contribution is -2.17. The van der Waals surface area contributed by atoms with Crippen molar-refractivity contribution in [3.05, 3.63) is 29.7 Å². The van der Waals surface area contributed by atoms with Gasteiger partial charge in [0.05, 0.1) is 0 Å². The molecule has 3 nitrogen and oxygen atoms in total. The van der Waals surface area contributed by atoms with Crippen molar-refractivity contribution >= 4 is 22.5 Å². The van der Waals surface area contributed by atoms with E-state index in [2.05, 4.69) is 14.7 Å². The molecular formula is C9H4ClF3N2O. The van der Waals surface area contributed by atoms with Crippen LogP contribution in [0.5, 0.6) is 5.75 Å². The number of ether oxygens (including phenoxy) is 1. The fraction of sp³-hybridized carbons (Fsp3) is 0.111. The number of benzene rings is 1. The minimum atomic E-state index is -4.76. The lowest BCUT2D eigenvalue weighted by atomic mass is 10.2. The molecule has 0 spiro atoms. The Kier molecular flexibility index (Phi) is 2.59. The van der Waals surface area contributed by atoms with Gasteiger partial charge in [-0.05, 0) is 12.1 Å². The van der Waals surface area contributed by atoms with Gasteiger partial charge in [-0.3, -0.25) is 0 Å². The molecule has 0 N–H and O–H groups in total. The van der Waals surface area contributed by atoms with Crippen molar-refractivity contribution in [1.29, 1.82) is 0 Å². The maximum atomic E-state index is 12.1. The summed E-state index contributed by atoms with van der Waals surface area (Å²) >= 11 is 5.71. The van der Waals surface area contributed by atoms with Gasteiger partial charge >= 0.3 is 6.36 Å². The summed E-state index contributed by atoms with van der Waals surface area (Å²) in [5.74, 6) is -0.394. The van der Waals surface area contributed by atoms with E-state index in [-0.39, 0.29) is 10.7 Å². The van der Waals surface area contributed by atoms with Gasteiger partial charge in [0.1, 0.15) is 17.0 Å². The number of rotatable bonds is 1. The average molecular weight is 249 g/mol. The standard InChI is InChI=1S/C9H4ClF3N2O/c10-8-5-2-1-3-6(16-9(11,12)13)7(5)14-4-15-8/h1-4H. The second kappa shape index (κ2) is 3.79. The predicted octanol–water partition coefficient (Wildman–Crippen LogP) is 3.18. The molecule has 0 saturated carbocycles.